The summed E-state index contributed by atoms with van der Waals surface area (Å²) in [4.78, 5) is 24.5. The van der Waals surface area contributed by atoms with Gasteiger partial charge in [0.05, 0.1) is 12.1 Å². The molecule has 0 saturated heterocycles. The molecule has 2 rings (SSSR count). The SMILES string of the molecule is CCN(CC(=O)N(C)C)c1nc(NC)nc2ccccc12. The van der Waals surface area contributed by atoms with Crippen LogP contribution in [0.15, 0.2) is 24.3 Å². The highest BCUT2D eigenvalue weighted by Crippen LogP contribution is 2.25. The summed E-state index contributed by atoms with van der Waals surface area (Å²) < 4.78 is 0. The lowest BCUT2D eigenvalue weighted by Gasteiger charge is -2.24. The van der Waals surface area contributed by atoms with Crippen molar-refractivity contribution in [2.75, 3.05) is 44.4 Å². The van der Waals surface area contributed by atoms with Gasteiger partial charge in [0.25, 0.3) is 0 Å². The number of rotatable bonds is 5. The number of fused-ring (bicyclic) bond motifs is 1. The van der Waals surface area contributed by atoms with Crippen molar-refractivity contribution in [2.24, 2.45) is 0 Å². The van der Waals surface area contributed by atoms with E-state index in [-0.39, 0.29) is 5.91 Å². The van der Waals surface area contributed by atoms with E-state index < -0.39 is 0 Å². The largest absolute Gasteiger partial charge is 0.357 e. The van der Waals surface area contributed by atoms with Crippen molar-refractivity contribution in [1.29, 1.82) is 0 Å². The lowest BCUT2D eigenvalue weighted by atomic mass is 10.2. The van der Waals surface area contributed by atoms with Crippen molar-refractivity contribution in [3.8, 4) is 0 Å². The minimum absolute atomic E-state index is 0.0468. The maximum atomic E-state index is 12.0. The number of benzene rings is 1. The molecule has 1 amide bonds. The molecule has 1 aromatic carbocycles. The van der Waals surface area contributed by atoms with E-state index >= 15 is 0 Å². The molecule has 6 nitrogen and oxygen atoms in total. The molecule has 0 saturated carbocycles. The van der Waals surface area contributed by atoms with Gasteiger partial charge >= 0.3 is 0 Å². The Kier molecular flexibility index (Phi) is 4.57. The van der Waals surface area contributed by atoms with Gasteiger partial charge in [-0.1, -0.05) is 12.1 Å². The topological polar surface area (TPSA) is 61.4 Å². The molecule has 0 radical (unpaired) electrons. The zero-order chi connectivity index (χ0) is 15.4. The average molecular weight is 287 g/mol. The second-order valence-electron chi connectivity index (χ2n) is 4.94. The number of nitrogens with one attached hydrogen (secondary N) is 1. The monoisotopic (exact) mass is 287 g/mol. The summed E-state index contributed by atoms with van der Waals surface area (Å²) in [7, 11) is 5.30. The number of anilines is 2. The molecule has 2 aromatic rings. The van der Waals surface area contributed by atoms with Gasteiger partial charge in [0, 0.05) is 33.1 Å². The van der Waals surface area contributed by atoms with Crippen LogP contribution in [0.2, 0.25) is 0 Å². The number of hydrogen-bond donors (Lipinski definition) is 1. The molecule has 0 fully saturated rings. The van der Waals surface area contributed by atoms with Crippen LogP contribution in [0.1, 0.15) is 6.92 Å². The molecule has 0 aliphatic heterocycles. The standard InChI is InChI=1S/C15H21N5O/c1-5-20(10-13(21)19(3)4)14-11-8-6-7-9-12(11)17-15(16-2)18-14/h6-9H,5,10H2,1-4H3,(H,16,17,18). The molecule has 112 valence electrons. The highest BCUT2D eigenvalue weighted by atomic mass is 16.2. The first kappa shape index (κ1) is 15.0. The number of carbonyl (C=O) groups excluding carboxylic acids is 1. The van der Waals surface area contributed by atoms with Gasteiger partial charge in [-0.3, -0.25) is 4.79 Å². The van der Waals surface area contributed by atoms with Gasteiger partial charge in [-0.25, -0.2) is 4.98 Å². The maximum absolute atomic E-state index is 12.0. The first-order valence-corrected chi connectivity index (χ1v) is 6.96. The van der Waals surface area contributed by atoms with Crippen LogP contribution >= 0.6 is 0 Å². The van der Waals surface area contributed by atoms with Crippen molar-refractivity contribution in [1.82, 2.24) is 14.9 Å². The van der Waals surface area contributed by atoms with Crippen molar-refractivity contribution in [3.63, 3.8) is 0 Å². The third-order valence-electron chi connectivity index (χ3n) is 3.31. The highest BCUT2D eigenvalue weighted by Gasteiger charge is 2.16. The Bertz CT molecular complexity index is 641. The number of amides is 1. The molecular weight excluding hydrogens is 266 g/mol. The molecule has 0 atom stereocenters. The summed E-state index contributed by atoms with van der Waals surface area (Å²) >= 11 is 0. The first-order chi connectivity index (χ1) is 10.1. The molecule has 0 aliphatic carbocycles. The molecule has 1 aromatic heterocycles. The minimum Gasteiger partial charge on any atom is -0.357 e. The molecule has 6 heteroatoms. The zero-order valence-corrected chi connectivity index (χ0v) is 12.9. The fraction of sp³-hybridized carbons (Fsp3) is 0.400. The van der Waals surface area contributed by atoms with E-state index in [9.17, 15) is 4.79 Å². The molecule has 1 N–H and O–H groups in total. The fourth-order valence-corrected chi connectivity index (χ4v) is 2.05. The van der Waals surface area contributed by atoms with E-state index in [2.05, 4.69) is 15.3 Å². The average Bonchev–Trinajstić information content (AvgIpc) is 2.51. The van der Waals surface area contributed by atoms with Gasteiger partial charge in [0.15, 0.2) is 0 Å². The highest BCUT2D eigenvalue weighted by molar-refractivity contribution is 5.92. The lowest BCUT2D eigenvalue weighted by molar-refractivity contribution is -0.127. The third-order valence-corrected chi connectivity index (χ3v) is 3.31. The molecule has 1 heterocycles. The molecule has 0 bridgehead atoms. The molecule has 21 heavy (non-hydrogen) atoms. The van der Waals surface area contributed by atoms with Crippen molar-refractivity contribution in [3.05, 3.63) is 24.3 Å². The lowest BCUT2D eigenvalue weighted by Crippen LogP contribution is -2.37. The van der Waals surface area contributed by atoms with E-state index in [4.69, 9.17) is 0 Å². The van der Waals surface area contributed by atoms with Gasteiger partial charge in [-0.15, -0.1) is 0 Å². The summed E-state index contributed by atoms with van der Waals surface area (Å²) in [5, 5.41) is 3.92. The molecule has 0 aliphatic rings. The quantitative estimate of drug-likeness (QED) is 0.905. The number of hydrogen-bond acceptors (Lipinski definition) is 5. The summed E-state index contributed by atoms with van der Waals surface area (Å²) in [6.07, 6.45) is 0. The van der Waals surface area contributed by atoms with E-state index in [1.54, 1.807) is 26.0 Å². The summed E-state index contributed by atoms with van der Waals surface area (Å²) in [6.45, 7) is 3.01. The van der Waals surface area contributed by atoms with Crippen molar-refractivity contribution in [2.45, 2.75) is 6.92 Å². The second-order valence-corrected chi connectivity index (χ2v) is 4.94. The van der Waals surface area contributed by atoms with E-state index in [1.165, 1.54) is 0 Å². The summed E-state index contributed by atoms with van der Waals surface area (Å²) in [5.74, 6) is 1.38. The smallest absolute Gasteiger partial charge is 0.241 e. The van der Waals surface area contributed by atoms with Crippen molar-refractivity contribution < 1.29 is 4.79 Å². The Morgan fingerprint density at radius 2 is 1.95 bits per heavy atom. The number of aromatic nitrogens is 2. The Labute approximate surface area is 124 Å². The Morgan fingerprint density at radius 1 is 1.24 bits per heavy atom. The predicted molar refractivity (Wildman–Crippen MR) is 85.7 cm³/mol. The van der Waals surface area contributed by atoms with Crippen LogP contribution in [0.3, 0.4) is 0 Å². The maximum Gasteiger partial charge on any atom is 0.241 e. The Balaban J connectivity index is 2.49. The van der Waals surface area contributed by atoms with Crippen LogP contribution in [-0.2, 0) is 4.79 Å². The molecule has 0 unspecified atom stereocenters. The Morgan fingerprint density at radius 3 is 2.57 bits per heavy atom. The van der Waals surface area contributed by atoms with Gasteiger partial charge in [0.1, 0.15) is 5.82 Å². The number of para-hydroxylation sites is 1. The van der Waals surface area contributed by atoms with Gasteiger partial charge in [0.2, 0.25) is 11.9 Å². The van der Waals surface area contributed by atoms with Crippen LogP contribution in [0.25, 0.3) is 10.9 Å². The van der Waals surface area contributed by atoms with Crippen LogP contribution in [0.4, 0.5) is 11.8 Å². The number of carbonyl (C=O) groups is 1. The fourth-order valence-electron chi connectivity index (χ4n) is 2.05. The van der Waals surface area contributed by atoms with Gasteiger partial charge < -0.3 is 15.1 Å². The Hall–Kier alpha value is -2.37. The number of likely N-dealkylation sites (N-methyl/N-ethyl adjacent to an activating group) is 2. The van der Waals surface area contributed by atoms with Crippen LogP contribution in [-0.4, -0.2) is 55.0 Å². The number of nitrogens with zero attached hydrogens (tertiary/aromatic N) is 4. The third kappa shape index (κ3) is 3.21. The zero-order valence-electron chi connectivity index (χ0n) is 12.9. The van der Waals surface area contributed by atoms with E-state index in [1.807, 2.05) is 36.1 Å². The predicted octanol–water partition coefficient (Wildman–Crippen LogP) is 1.59. The van der Waals surface area contributed by atoms with Gasteiger partial charge in [-0.2, -0.15) is 4.98 Å². The first-order valence-electron chi connectivity index (χ1n) is 6.96. The summed E-state index contributed by atoms with van der Waals surface area (Å²) in [5.41, 5.74) is 0.864. The second kappa shape index (κ2) is 6.39. The molecule has 0 spiro atoms. The van der Waals surface area contributed by atoms with Crippen LogP contribution in [0, 0.1) is 0 Å². The van der Waals surface area contributed by atoms with Gasteiger partial charge in [-0.05, 0) is 19.1 Å². The van der Waals surface area contributed by atoms with E-state index in [0.717, 1.165) is 16.7 Å². The van der Waals surface area contributed by atoms with Crippen LogP contribution in [0.5, 0.6) is 0 Å². The summed E-state index contributed by atoms with van der Waals surface area (Å²) in [6, 6.07) is 7.82. The van der Waals surface area contributed by atoms with E-state index in [0.29, 0.717) is 19.0 Å². The minimum atomic E-state index is 0.0468. The normalized spacial score (nSPS) is 10.5. The van der Waals surface area contributed by atoms with Crippen molar-refractivity contribution >= 4 is 28.6 Å². The molecular formula is C15H21N5O. The van der Waals surface area contributed by atoms with Crippen LogP contribution < -0.4 is 10.2 Å².